The number of hydrogen-bond donors (Lipinski definition) is 1. The minimum atomic E-state index is -0.110. The average Bonchev–Trinajstić information content (AvgIpc) is 3.65. The third-order valence-electron chi connectivity index (χ3n) is 6.93. The first kappa shape index (κ1) is 23.6. The van der Waals surface area contributed by atoms with Crippen LogP contribution in [0.4, 0.5) is 5.95 Å². The number of para-hydroxylation sites is 1. The molecule has 3 aromatic carbocycles. The molecule has 0 amide bonds. The van der Waals surface area contributed by atoms with Crippen LogP contribution in [0.5, 0.6) is 17.2 Å². The Labute approximate surface area is 220 Å². The highest BCUT2D eigenvalue weighted by Gasteiger charge is 2.33. The summed E-state index contributed by atoms with van der Waals surface area (Å²) in [5.74, 6) is 2.85. The lowest BCUT2D eigenvalue weighted by Crippen LogP contribution is -2.28. The van der Waals surface area contributed by atoms with Crippen molar-refractivity contribution in [2.24, 2.45) is 0 Å². The molecular weight excluding hydrogens is 480 g/mol. The second-order valence-electron chi connectivity index (χ2n) is 9.03. The number of methoxy groups -OCH3 is 3. The smallest absolute Gasteiger partial charge is 0.222 e. The zero-order valence-corrected chi connectivity index (χ0v) is 21.4. The predicted octanol–water partition coefficient (Wildman–Crippen LogP) is 5.30. The summed E-state index contributed by atoms with van der Waals surface area (Å²) in [6.07, 6.45) is 4.43. The summed E-state index contributed by atoms with van der Waals surface area (Å²) in [5.41, 5.74) is 4.92. The number of ether oxygens (including phenoxy) is 3. The standard InChI is InChI=1S/C29H28N6O3/c1-36-22-12-9-19(10-13-22)24-16-25(35-29(32-24)30-18-31-35)23-17-34(21-7-5-4-6-8-21)33-28(23)20-11-14-26(37-2)27(15-20)38-3/h4-15,17-18,24-25H,16H2,1-3H3,(H,30,31,32). The Hall–Kier alpha value is -4.79. The molecule has 1 N–H and O–H groups in total. The van der Waals surface area contributed by atoms with Gasteiger partial charge < -0.3 is 19.5 Å². The quantitative estimate of drug-likeness (QED) is 0.319. The van der Waals surface area contributed by atoms with Crippen LogP contribution in [0.25, 0.3) is 16.9 Å². The van der Waals surface area contributed by atoms with E-state index in [-0.39, 0.29) is 12.1 Å². The Morgan fingerprint density at radius 3 is 2.39 bits per heavy atom. The van der Waals surface area contributed by atoms with Crippen LogP contribution in [0.2, 0.25) is 0 Å². The van der Waals surface area contributed by atoms with Gasteiger partial charge in [-0.1, -0.05) is 30.3 Å². The van der Waals surface area contributed by atoms with Crippen molar-refractivity contribution < 1.29 is 14.2 Å². The van der Waals surface area contributed by atoms with Gasteiger partial charge in [0.05, 0.1) is 44.8 Å². The molecular formula is C29H28N6O3. The van der Waals surface area contributed by atoms with Crippen molar-refractivity contribution in [2.75, 3.05) is 26.6 Å². The maximum atomic E-state index is 5.61. The predicted molar refractivity (Wildman–Crippen MR) is 144 cm³/mol. The molecule has 6 rings (SSSR count). The number of aromatic nitrogens is 5. The summed E-state index contributed by atoms with van der Waals surface area (Å²) in [6, 6.07) is 24.0. The normalized spacial score (nSPS) is 16.4. The fourth-order valence-corrected chi connectivity index (χ4v) is 4.99. The number of anilines is 1. The van der Waals surface area contributed by atoms with E-state index in [1.807, 2.05) is 70.0 Å². The van der Waals surface area contributed by atoms with Crippen molar-refractivity contribution in [1.82, 2.24) is 24.5 Å². The van der Waals surface area contributed by atoms with Crippen molar-refractivity contribution in [3.05, 3.63) is 96.4 Å². The lowest BCUT2D eigenvalue weighted by Gasteiger charge is -2.31. The van der Waals surface area contributed by atoms with Crippen molar-refractivity contribution in [3.63, 3.8) is 0 Å². The van der Waals surface area contributed by atoms with Crippen LogP contribution >= 0.6 is 0 Å². The Morgan fingerprint density at radius 1 is 0.868 bits per heavy atom. The summed E-state index contributed by atoms with van der Waals surface area (Å²) in [7, 11) is 4.94. The maximum absolute atomic E-state index is 5.61. The van der Waals surface area contributed by atoms with Gasteiger partial charge in [0.1, 0.15) is 12.1 Å². The molecule has 5 aromatic rings. The molecule has 0 radical (unpaired) electrons. The second kappa shape index (κ2) is 9.93. The molecule has 0 fully saturated rings. The van der Waals surface area contributed by atoms with E-state index in [9.17, 15) is 0 Å². The molecule has 2 aromatic heterocycles. The molecule has 38 heavy (non-hydrogen) atoms. The number of rotatable bonds is 7. The lowest BCUT2D eigenvalue weighted by atomic mass is 9.92. The second-order valence-corrected chi connectivity index (χ2v) is 9.03. The van der Waals surface area contributed by atoms with Gasteiger partial charge in [-0.05, 0) is 54.4 Å². The SMILES string of the molecule is COc1ccc(C2CC(c3cn(-c4ccccc4)nc3-c3ccc(OC)c(OC)c3)n3ncnc3N2)cc1. The van der Waals surface area contributed by atoms with Gasteiger partial charge >= 0.3 is 0 Å². The highest BCUT2D eigenvalue weighted by molar-refractivity contribution is 5.68. The number of fused-ring (bicyclic) bond motifs is 1. The number of nitrogens with one attached hydrogen (secondary N) is 1. The van der Waals surface area contributed by atoms with Gasteiger partial charge in [-0.25, -0.2) is 9.36 Å². The summed E-state index contributed by atoms with van der Waals surface area (Å²) in [5, 5.41) is 13.2. The topological polar surface area (TPSA) is 88.2 Å². The highest BCUT2D eigenvalue weighted by atomic mass is 16.5. The largest absolute Gasteiger partial charge is 0.497 e. The van der Waals surface area contributed by atoms with Crippen LogP contribution in [-0.4, -0.2) is 45.9 Å². The van der Waals surface area contributed by atoms with Crippen LogP contribution in [0.15, 0.2) is 85.3 Å². The van der Waals surface area contributed by atoms with Crippen LogP contribution in [0, 0.1) is 0 Å². The zero-order valence-electron chi connectivity index (χ0n) is 21.4. The van der Waals surface area contributed by atoms with Gasteiger partial charge in [0.25, 0.3) is 0 Å². The molecule has 3 heterocycles. The third kappa shape index (κ3) is 4.21. The molecule has 9 heteroatoms. The van der Waals surface area contributed by atoms with Crippen molar-refractivity contribution in [3.8, 4) is 34.2 Å². The molecule has 1 aliphatic rings. The lowest BCUT2D eigenvalue weighted by molar-refractivity contribution is 0.355. The highest BCUT2D eigenvalue weighted by Crippen LogP contribution is 2.42. The van der Waals surface area contributed by atoms with E-state index in [4.69, 9.17) is 19.3 Å². The number of benzene rings is 3. The van der Waals surface area contributed by atoms with Crippen molar-refractivity contribution >= 4 is 5.95 Å². The zero-order chi connectivity index (χ0) is 26.1. The molecule has 0 saturated carbocycles. The van der Waals surface area contributed by atoms with E-state index in [0.29, 0.717) is 17.4 Å². The fraction of sp³-hybridized carbons (Fsp3) is 0.207. The van der Waals surface area contributed by atoms with E-state index < -0.39 is 0 Å². The Bertz CT molecular complexity index is 1540. The van der Waals surface area contributed by atoms with Gasteiger partial charge in [0, 0.05) is 17.3 Å². The molecule has 0 bridgehead atoms. The van der Waals surface area contributed by atoms with Crippen LogP contribution in [0.3, 0.4) is 0 Å². The first-order chi connectivity index (χ1) is 18.7. The van der Waals surface area contributed by atoms with Crippen LogP contribution in [-0.2, 0) is 0 Å². The van der Waals surface area contributed by atoms with Gasteiger partial charge in [-0.15, -0.1) is 0 Å². The van der Waals surface area contributed by atoms with E-state index in [1.165, 1.54) is 0 Å². The molecule has 192 valence electrons. The molecule has 9 nitrogen and oxygen atoms in total. The van der Waals surface area contributed by atoms with Crippen molar-refractivity contribution in [2.45, 2.75) is 18.5 Å². The molecule has 1 aliphatic heterocycles. The third-order valence-corrected chi connectivity index (χ3v) is 6.93. The molecule has 0 saturated heterocycles. The first-order valence-electron chi connectivity index (χ1n) is 12.4. The van der Waals surface area contributed by atoms with Gasteiger partial charge in [0.2, 0.25) is 5.95 Å². The van der Waals surface area contributed by atoms with Gasteiger partial charge in [-0.2, -0.15) is 15.2 Å². The van der Waals surface area contributed by atoms with Crippen LogP contribution < -0.4 is 19.5 Å². The summed E-state index contributed by atoms with van der Waals surface area (Å²) in [6.45, 7) is 0. The summed E-state index contributed by atoms with van der Waals surface area (Å²) in [4.78, 5) is 4.51. The van der Waals surface area contributed by atoms with Crippen LogP contribution in [0.1, 0.15) is 29.6 Å². The van der Waals surface area contributed by atoms with E-state index in [2.05, 4.69) is 33.7 Å². The van der Waals surface area contributed by atoms with Gasteiger partial charge in [-0.3, -0.25) is 0 Å². The Kier molecular flexibility index (Phi) is 6.17. The number of hydrogen-bond acceptors (Lipinski definition) is 7. The van der Waals surface area contributed by atoms with E-state index >= 15 is 0 Å². The summed E-state index contributed by atoms with van der Waals surface area (Å²) >= 11 is 0. The van der Waals surface area contributed by atoms with Gasteiger partial charge in [0.15, 0.2) is 11.5 Å². The number of nitrogens with zero attached hydrogens (tertiary/aromatic N) is 5. The average molecular weight is 509 g/mol. The Balaban J connectivity index is 1.48. The minimum absolute atomic E-state index is 0.0286. The molecule has 0 aliphatic carbocycles. The maximum Gasteiger partial charge on any atom is 0.222 e. The fourth-order valence-electron chi connectivity index (χ4n) is 4.99. The minimum Gasteiger partial charge on any atom is -0.497 e. The van der Waals surface area contributed by atoms with E-state index in [1.54, 1.807) is 27.7 Å². The first-order valence-corrected chi connectivity index (χ1v) is 12.4. The molecule has 2 atom stereocenters. The molecule has 0 spiro atoms. The van der Waals surface area contributed by atoms with Crippen molar-refractivity contribution in [1.29, 1.82) is 0 Å². The molecule has 2 unspecified atom stereocenters. The monoisotopic (exact) mass is 508 g/mol. The Morgan fingerprint density at radius 2 is 1.66 bits per heavy atom. The summed E-state index contributed by atoms with van der Waals surface area (Å²) < 4.78 is 20.3. The van der Waals surface area contributed by atoms with E-state index in [0.717, 1.165) is 40.2 Å².